The van der Waals surface area contributed by atoms with Crippen molar-refractivity contribution in [3.63, 3.8) is 0 Å². The molecule has 0 aliphatic carbocycles. The lowest BCUT2D eigenvalue weighted by molar-refractivity contribution is -0.135. The van der Waals surface area contributed by atoms with Crippen molar-refractivity contribution in [2.45, 2.75) is 32.0 Å². The quantitative estimate of drug-likeness (QED) is 0.392. The summed E-state index contributed by atoms with van der Waals surface area (Å²) in [5.41, 5.74) is 0.399. The molecule has 2 heterocycles. The van der Waals surface area contributed by atoms with Crippen LogP contribution in [0.2, 0.25) is 0 Å². The first-order valence-corrected chi connectivity index (χ1v) is 5.37. The molecule has 2 saturated heterocycles. The van der Waals surface area contributed by atoms with Gasteiger partial charge < -0.3 is 14.4 Å². The largest absolute Gasteiger partial charge is 0.432 e. The highest BCUT2D eigenvalue weighted by Gasteiger charge is 2.34. The third kappa shape index (κ3) is 2.34. The van der Waals surface area contributed by atoms with Crippen molar-refractivity contribution in [2.24, 2.45) is 0 Å². The molecule has 0 N–H and O–H groups in total. The molecular weight excluding hydrogens is 208 g/mol. The van der Waals surface area contributed by atoms with E-state index in [9.17, 15) is 4.79 Å². The molecule has 0 aromatic carbocycles. The number of morpholine rings is 1. The Balaban J connectivity index is 2.02. The van der Waals surface area contributed by atoms with Crippen molar-refractivity contribution in [1.82, 2.24) is 4.90 Å². The van der Waals surface area contributed by atoms with Crippen LogP contribution >= 0.6 is 0 Å². The molecule has 2 fully saturated rings. The standard InChI is InChI=1S/C11H14N2O3/c1-8(14)15-7-9(4-12)13-5-10-2-3-11(6-13)16-10/h7,10-11H,2-3,5-6H2,1H3/b9-7+. The summed E-state index contributed by atoms with van der Waals surface area (Å²) in [6.45, 7) is 2.73. The second-order valence-electron chi connectivity index (χ2n) is 4.09. The van der Waals surface area contributed by atoms with Crippen LogP contribution in [0.1, 0.15) is 19.8 Å². The summed E-state index contributed by atoms with van der Waals surface area (Å²) in [4.78, 5) is 12.6. The monoisotopic (exact) mass is 222 g/mol. The van der Waals surface area contributed by atoms with Crippen LogP contribution in [0.4, 0.5) is 0 Å². The number of nitrogens with zero attached hydrogens (tertiary/aromatic N) is 2. The molecule has 0 aromatic heterocycles. The van der Waals surface area contributed by atoms with Gasteiger partial charge in [-0.25, -0.2) is 0 Å². The van der Waals surface area contributed by atoms with E-state index in [4.69, 9.17) is 14.7 Å². The maximum atomic E-state index is 10.7. The van der Waals surface area contributed by atoms with Crippen LogP contribution in [0.25, 0.3) is 0 Å². The van der Waals surface area contributed by atoms with Crippen molar-refractivity contribution >= 4 is 5.97 Å². The Morgan fingerprint density at radius 2 is 2.12 bits per heavy atom. The molecule has 5 nitrogen and oxygen atoms in total. The van der Waals surface area contributed by atoms with Crippen molar-refractivity contribution in [2.75, 3.05) is 13.1 Å². The lowest BCUT2D eigenvalue weighted by Gasteiger charge is -2.32. The van der Waals surface area contributed by atoms with E-state index in [2.05, 4.69) is 6.07 Å². The SMILES string of the molecule is CC(=O)O/C=C(\C#N)N1CC2CCC(C1)O2. The van der Waals surface area contributed by atoms with Crippen molar-refractivity contribution in [1.29, 1.82) is 5.26 Å². The predicted octanol–water partition coefficient (Wildman–Crippen LogP) is 0.778. The van der Waals surface area contributed by atoms with Gasteiger partial charge in [0, 0.05) is 20.0 Å². The number of nitriles is 1. The molecule has 0 saturated carbocycles. The summed E-state index contributed by atoms with van der Waals surface area (Å²) in [6, 6.07) is 2.05. The van der Waals surface area contributed by atoms with Crippen LogP contribution in [0.15, 0.2) is 12.0 Å². The summed E-state index contributed by atoms with van der Waals surface area (Å²) >= 11 is 0. The van der Waals surface area contributed by atoms with Crippen LogP contribution in [0.3, 0.4) is 0 Å². The molecule has 0 amide bonds. The third-order valence-electron chi connectivity index (χ3n) is 2.84. The van der Waals surface area contributed by atoms with Crippen molar-refractivity contribution in [3.8, 4) is 6.07 Å². The van der Waals surface area contributed by atoms with Gasteiger partial charge in [-0.3, -0.25) is 4.79 Å². The Hall–Kier alpha value is -1.54. The number of esters is 1. The first-order chi connectivity index (χ1) is 7.69. The van der Waals surface area contributed by atoms with Crippen LogP contribution in [-0.4, -0.2) is 36.2 Å². The first kappa shape index (κ1) is 11.0. The van der Waals surface area contributed by atoms with Crippen molar-refractivity contribution in [3.05, 3.63) is 12.0 Å². The van der Waals surface area contributed by atoms with Gasteiger partial charge in [0.05, 0.1) is 12.2 Å². The number of allylic oxidation sites excluding steroid dienone is 1. The van der Waals surface area contributed by atoms with Gasteiger partial charge >= 0.3 is 5.97 Å². The zero-order valence-electron chi connectivity index (χ0n) is 9.18. The Bertz CT molecular complexity index is 347. The summed E-state index contributed by atoms with van der Waals surface area (Å²) in [6.07, 6.45) is 3.76. The molecule has 0 aromatic rings. The third-order valence-corrected chi connectivity index (χ3v) is 2.84. The zero-order valence-corrected chi connectivity index (χ0v) is 9.18. The highest BCUT2D eigenvalue weighted by molar-refractivity contribution is 5.66. The Kier molecular flexibility index (Phi) is 3.11. The van der Waals surface area contributed by atoms with Gasteiger partial charge in [-0.1, -0.05) is 0 Å². The molecular formula is C11H14N2O3. The van der Waals surface area contributed by atoms with Crippen LogP contribution < -0.4 is 0 Å². The zero-order chi connectivity index (χ0) is 11.5. The Labute approximate surface area is 94.2 Å². The highest BCUT2D eigenvalue weighted by Crippen LogP contribution is 2.28. The lowest BCUT2D eigenvalue weighted by Crippen LogP contribution is -2.41. The summed E-state index contributed by atoms with van der Waals surface area (Å²) in [5.74, 6) is -0.413. The lowest BCUT2D eigenvalue weighted by atomic mass is 10.2. The number of hydrogen-bond acceptors (Lipinski definition) is 5. The minimum absolute atomic E-state index is 0.216. The van der Waals surface area contributed by atoms with E-state index >= 15 is 0 Å². The van der Waals surface area contributed by atoms with Gasteiger partial charge in [0.15, 0.2) is 5.70 Å². The smallest absolute Gasteiger partial charge is 0.307 e. The number of carbonyl (C=O) groups is 1. The van der Waals surface area contributed by atoms with E-state index in [-0.39, 0.29) is 12.2 Å². The Morgan fingerprint density at radius 3 is 2.62 bits per heavy atom. The molecule has 2 aliphatic heterocycles. The van der Waals surface area contributed by atoms with Crippen molar-refractivity contribution < 1.29 is 14.3 Å². The first-order valence-electron chi connectivity index (χ1n) is 5.37. The maximum Gasteiger partial charge on any atom is 0.307 e. The number of rotatable bonds is 2. The van der Waals surface area contributed by atoms with Gasteiger partial charge in [-0.15, -0.1) is 0 Å². The van der Waals surface area contributed by atoms with E-state index in [1.807, 2.05) is 4.90 Å². The number of likely N-dealkylation sites (tertiary alicyclic amines) is 1. The normalized spacial score (nSPS) is 28.8. The minimum Gasteiger partial charge on any atom is -0.432 e. The van der Waals surface area contributed by atoms with E-state index in [0.717, 1.165) is 12.8 Å². The van der Waals surface area contributed by atoms with Gasteiger partial charge in [0.1, 0.15) is 12.3 Å². The second-order valence-corrected chi connectivity index (χ2v) is 4.09. The molecule has 2 unspecified atom stereocenters. The molecule has 0 radical (unpaired) electrons. The van der Waals surface area contributed by atoms with Crippen LogP contribution in [0, 0.1) is 11.3 Å². The highest BCUT2D eigenvalue weighted by atomic mass is 16.5. The maximum absolute atomic E-state index is 10.7. The molecule has 5 heteroatoms. The molecule has 16 heavy (non-hydrogen) atoms. The fraction of sp³-hybridized carbons (Fsp3) is 0.636. The molecule has 86 valence electrons. The summed E-state index contributed by atoms with van der Waals surface area (Å²) < 4.78 is 10.4. The number of fused-ring (bicyclic) bond motifs is 2. The number of ether oxygens (including phenoxy) is 2. The predicted molar refractivity (Wildman–Crippen MR) is 54.9 cm³/mol. The van der Waals surface area contributed by atoms with E-state index in [1.165, 1.54) is 13.2 Å². The Morgan fingerprint density at radius 1 is 1.50 bits per heavy atom. The van der Waals surface area contributed by atoms with Gasteiger partial charge in [-0.05, 0) is 12.8 Å². The fourth-order valence-electron chi connectivity index (χ4n) is 2.12. The van der Waals surface area contributed by atoms with Gasteiger partial charge in [0.25, 0.3) is 0 Å². The molecule has 0 spiro atoms. The van der Waals surface area contributed by atoms with Crippen LogP contribution in [-0.2, 0) is 14.3 Å². The number of hydrogen-bond donors (Lipinski definition) is 0. The van der Waals surface area contributed by atoms with E-state index < -0.39 is 5.97 Å². The molecule has 2 aliphatic rings. The average molecular weight is 222 g/mol. The average Bonchev–Trinajstić information content (AvgIpc) is 2.58. The van der Waals surface area contributed by atoms with E-state index in [0.29, 0.717) is 18.8 Å². The number of carbonyl (C=O) groups excluding carboxylic acids is 1. The van der Waals surface area contributed by atoms with Gasteiger partial charge in [0.2, 0.25) is 0 Å². The second kappa shape index (κ2) is 4.54. The van der Waals surface area contributed by atoms with Crippen LogP contribution in [0.5, 0.6) is 0 Å². The molecule has 2 bridgehead atoms. The molecule has 2 atom stereocenters. The topological polar surface area (TPSA) is 62.6 Å². The fourth-order valence-corrected chi connectivity index (χ4v) is 2.12. The summed E-state index contributed by atoms with van der Waals surface area (Å²) in [5, 5.41) is 8.99. The summed E-state index contributed by atoms with van der Waals surface area (Å²) in [7, 11) is 0. The minimum atomic E-state index is -0.413. The van der Waals surface area contributed by atoms with Gasteiger partial charge in [-0.2, -0.15) is 5.26 Å². The van der Waals surface area contributed by atoms with E-state index in [1.54, 1.807) is 0 Å². The molecule has 2 rings (SSSR count).